The molecule has 1 aliphatic rings. The van der Waals surface area contributed by atoms with E-state index in [2.05, 4.69) is 4.98 Å². The average molecular weight is 414 g/mol. The first-order valence-corrected chi connectivity index (χ1v) is 12.0. The maximum atomic E-state index is 12.7. The lowest BCUT2D eigenvalue weighted by atomic mass is 10.1. The Morgan fingerprint density at radius 2 is 1.75 bits per heavy atom. The molecule has 1 aromatic rings. The smallest absolute Gasteiger partial charge is 0.330 e. The molecule has 0 amide bonds. The summed E-state index contributed by atoms with van der Waals surface area (Å²) in [6.07, 6.45) is -0.490. The summed E-state index contributed by atoms with van der Waals surface area (Å²) < 4.78 is 20.5. The highest BCUT2D eigenvalue weighted by Crippen LogP contribution is 2.43. The van der Waals surface area contributed by atoms with Gasteiger partial charge in [0.2, 0.25) is 0 Å². The molecule has 1 radical (unpaired) electrons. The van der Waals surface area contributed by atoms with E-state index in [1.165, 1.54) is 16.8 Å². The molecule has 0 unspecified atom stereocenters. The normalized spacial score (nSPS) is 28.9. The van der Waals surface area contributed by atoms with Crippen LogP contribution in [0.1, 0.15) is 41.5 Å². The lowest BCUT2D eigenvalue weighted by Crippen LogP contribution is -2.61. The number of aliphatic hydroxyl groups is 1. The van der Waals surface area contributed by atoms with Crippen LogP contribution in [0.2, 0.25) is 13.1 Å². The van der Waals surface area contributed by atoms with Crippen molar-refractivity contribution in [2.45, 2.75) is 89.5 Å². The minimum Gasteiger partial charge on any atom is -0.394 e. The number of rotatable bonds is 5. The summed E-state index contributed by atoms with van der Waals surface area (Å²) in [5.74, 6) is 0. The highest BCUT2D eigenvalue weighted by molar-refractivity contribution is 6.58. The quantitative estimate of drug-likeness (QED) is 0.704. The third-order valence-corrected chi connectivity index (χ3v) is 6.51. The summed E-state index contributed by atoms with van der Waals surface area (Å²) in [5, 5.41) is 8.87. The van der Waals surface area contributed by atoms with Crippen molar-refractivity contribution < 1.29 is 19.3 Å². The van der Waals surface area contributed by atoms with E-state index in [0.717, 1.165) is 0 Å². The van der Waals surface area contributed by atoms with Crippen LogP contribution in [0.4, 0.5) is 0 Å². The number of H-pyrrole nitrogens is 1. The second-order valence-corrected chi connectivity index (χ2v) is 12.1. The van der Waals surface area contributed by atoms with E-state index in [1.807, 2.05) is 54.6 Å². The van der Waals surface area contributed by atoms with Crippen molar-refractivity contribution in [3.05, 3.63) is 33.1 Å². The first kappa shape index (κ1) is 23.0. The number of aliphatic hydroxyl groups excluding tert-OH is 1. The summed E-state index contributed by atoms with van der Waals surface area (Å²) in [6.45, 7) is 15.3. The van der Waals surface area contributed by atoms with Gasteiger partial charge in [-0.3, -0.25) is 14.3 Å². The Labute approximate surface area is 167 Å². The summed E-state index contributed by atoms with van der Waals surface area (Å²) in [4.78, 5) is 26.6. The third-order valence-electron chi connectivity index (χ3n) is 4.43. The number of aromatic amines is 1. The van der Waals surface area contributed by atoms with E-state index >= 15 is 0 Å². The van der Waals surface area contributed by atoms with Crippen LogP contribution in [-0.4, -0.2) is 59.6 Å². The molecule has 0 aliphatic carbocycles. The van der Waals surface area contributed by atoms with Crippen molar-refractivity contribution in [2.24, 2.45) is 0 Å². The molecular weight excluding hydrogens is 380 g/mol. The number of nitrogens with zero attached hydrogens (tertiary/aromatic N) is 1. The van der Waals surface area contributed by atoms with Crippen LogP contribution >= 0.6 is 0 Å². The predicted molar refractivity (Wildman–Crippen MR) is 108 cm³/mol. The molecule has 9 heteroatoms. The van der Waals surface area contributed by atoms with Gasteiger partial charge in [0.15, 0.2) is 5.35 Å². The van der Waals surface area contributed by atoms with Crippen LogP contribution < -0.4 is 11.2 Å². The minimum atomic E-state index is -1.41. The SMILES string of the molecule is C[Si](C)[C@@]1(n2ccc(=O)[nH]c2=O)O[C@H](CO)[C@@H](OC(C)(C)C)[C@H]1OC(C)(C)C. The fourth-order valence-electron chi connectivity index (χ4n) is 3.51. The molecular formula is C19H33N2O6Si. The topological polar surface area (TPSA) is 103 Å². The van der Waals surface area contributed by atoms with Crippen LogP contribution in [0, 0.1) is 0 Å². The number of nitrogens with one attached hydrogen (secondary N) is 1. The molecule has 4 atom stereocenters. The monoisotopic (exact) mass is 413 g/mol. The molecule has 0 saturated carbocycles. The van der Waals surface area contributed by atoms with Gasteiger partial charge in [0.1, 0.15) is 27.1 Å². The van der Waals surface area contributed by atoms with Crippen LogP contribution in [0.15, 0.2) is 21.9 Å². The van der Waals surface area contributed by atoms with Crippen molar-refractivity contribution >= 4 is 8.80 Å². The Kier molecular flexibility index (Phi) is 6.47. The van der Waals surface area contributed by atoms with E-state index in [1.54, 1.807) is 0 Å². The molecule has 0 aromatic carbocycles. The van der Waals surface area contributed by atoms with Crippen molar-refractivity contribution in [1.82, 2.24) is 9.55 Å². The molecule has 1 aliphatic heterocycles. The van der Waals surface area contributed by atoms with Crippen LogP contribution in [0.5, 0.6) is 0 Å². The largest absolute Gasteiger partial charge is 0.394 e. The molecule has 0 bridgehead atoms. The van der Waals surface area contributed by atoms with Gasteiger partial charge >= 0.3 is 5.69 Å². The molecule has 2 N–H and O–H groups in total. The van der Waals surface area contributed by atoms with Gasteiger partial charge in [0.25, 0.3) is 5.56 Å². The second-order valence-electron chi connectivity index (χ2n) is 9.36. The predicted octanol–water partition coefficient (Wildman–Crippen LogP) is 1.24. The number of ether oxygens (including phenoxy) is 3. The van der Waals surface area contributed by atoms with Crippen molar-refractivity contribution in [3.63, 3.8) is 0 Å². The first-order chi connectivity index (χ1) is 12.7. The zero-order valence-corrected chi connectivity index (χ0v) is 19.0. The lowest BCUT2D eigenvalue weighted by molar-refractivity contribution is -0.174. The molecule has 1 fully saturated rings. The molecule has 28 heavy (non-hydrogen) atoms. The Hall–Kier alpha value is -1.26. The fraction of sp³-hybridized carbons (Fsp3) is 0.789. The van der Waals surface area contributed by atoms with Crippen LogP contribution in [-0.2, 0) is 19.6 Å². The van der Waals surface area contributed by atoms with Crippen molar-refractivity contribution in [2.75, 3.05) is 6.61 Å². The first-order valence-electron chi connectivity index (χ1n) is 9.48. The Bertz CT molecular complexity index is 791. The minimum absolute atomic E-state index is 0.278. The molecule has 1 aromatic heterocycles. The van der Waals surface area contributed by atoms with Crippen LogP contribution in [0.3, 0.4) is 0 Å². The maximum absolute atomic E-state index is 12.7. The molecule has 2 rings (SSSR count). The summed E-state index contributed by atoms with van der Waals surface area (Å²) >= 11 is 0. The van der Waals surface area contributed by atoms with E-state index in [0.29, 0.717) is 0 Å². The van der Waals surface area contributed by atoms with Crippen molar-refractivity contribution in [1.29, 1.82) is 0 Å². The molecule has 0 spiro atoms. The fourth-order valence-corrected chi connectivity index (χ4v) is 5.35. The van der Waals surface area contributed by atoms with Gasteiger partial charge in [-0.05, 0) is 41.5 Å². The van der Waals surface area contributed by atoms with Gasteiger partial charge in [-0.1, -0.05) is 13.1 Å². The molecule has 2 heterocycles. The maximum Gasteiger partial charge on any atom is 0.330 e. The van der Waals surface area contributed by atoms with Gasteiger partial charge in [-0.25, -0.2) is 4.79 Å². The van der Waals surface area contributed by atoms with Crippen molar-refractivity contribution in [3.8, 4) is 0 Å². The highest BCUT2D eigenvalue weighted by atomic mass is 28.3. The van der Waals surface area contributed by atoms with Gasteiger partial charge in [-0.15, -0.1) is 0 Å². The summed E-state index contributed by atoms with van der Waals surface area (Å²) in [6, 6.07) is 1.29. The summed E-state index contributed by atoms with van der Waals surface area (Å²) in [7, 11) is -1.41. The van der Waals surface area contributed by atoms with Gasteiger partial charge < -0.3 is 19.3 Å². The highest BCUT2D eigenvalue weighted by Gasteiger charge is 2.61. The standard InChI is InChI=1S/C19H33N2O6Si/c1-17(2,3)26-14-12(11-22)25-19(28(7)8,15(14)27-18(4,5)6)21-10-9-13(23)20-16(21)24/h9-10,12,14-15,22H,11H2,1-8H3,(H,20,23,24)/t12-,14-,15-,19+/m1/s1. The van der Waals surface area contributed by atoms with E-state index in [9.17, 15) is 14.7 Å². The zero-order valence-electron chi connectivity index (χ0n) is 18.0. The van der Waals surface area contributed by atoms with Gasteiger partial charge in [0, 0.05) is 12.3 Å². The lowest BCUT2D eigenvalue weighted by Gasteiger charge is -2.42. The summed E-state index contributed by atoms with van der Waals surface area (Å²) in [5.41, 5.74) is -2.12. The number of hydrogen-bond acceptors (Lipinski definition) is 6. The van der Waals surface area contributed by atoms with E-state index in [4.69, 9.17) is 14.2 Å². The third kappa shape index (κ3) is 4.65. The van der Waals surface area contributed by atoms with Crippen LogP contribution in [0.25, 0.3) is 0 Å². The average Bonchev–Trinajstić information content (AvgIpc) is 2.79. The van der Waals surface area contributed by atoms with E-state index < -0.39 is 54.9 Å². The number of hydrogen-bond donors (Lipinski definition) is 2. The second kappa shape index (κ2) is 7.87. The Balaban J connectivity index is 2.73. The van der Waals surface area contributed by atoms with E-state index in [-0.39, 0.29) is 6.61 Å². The zero-order chi connectivity index (χ0) is 21.5. The Morgan fingerprint density at radius 3 is 2.18 bits per heavy atom. The van der Waals surface area contributed by atoms with Gasteiger partial charge in [0.05, 0.1) is 17.8 Å². The number of aromatic nitrogens is 2. The molecule has 1 saturated heterocycles. The Morgan fingerprint density at radius 1 is 1.18 bits per heavy atom. The molecule has 8 nitrogen and oxygen atoms in total. The molecule has 159 valence electrons. The van der Waals surface area contributed by atoms with Gasteiger partial charge in [-0.2, -0.15) is 0 Å².